The number of piperazine rings is 1. The summed E-state index contributed by atoms with van der Waals surface area (Å²) < 4.78 is 33.1. The molecule has 2 N–H and O–H groups in total. The van der Waals surface area contributed by atoms with E-state index in [4.69, 9.17) is 0 Å². The minimum Gasteiger partial charge on any atom is -0.364 e. The van der Waals surface area contributed by atoms with E-state index in [-0.39, 0.29) is 34.7 Å². The summed E-state index contributed by atoms with van der Waals surface area (Å²) in [7, 11) is 0. The van der Waals surface area contributed by atoms with E-state index in [1.807, 2.05) is 19.1 Å². The van der Waals surface area contributed by atoms with Crippen molar-refractivity contribution in [1.82, 2.24) is 15.3 Å². The molecular formula is C24H24BrF2N5O2. The topological polar surface area (TPSA) is 78.7 Å². The lowest BCUT2D eigenvalue weighted by Crippen LogP contribution is -2.49. The number of hydrogen-bond acceptors (Lipinski definition) is 5. The molecule has 178 valence electrons. The zero-order valence-electron chi connectivity index (χ0n) is 18.7. The van der Waals surface area contributed by atoms with Crippen molar-refractivity contribution in [1.29, 1.82) is 0 Å². The number of amides is 1. The molecule has 1 aliphatic heterocycles. The highest BCUT2D eigenvalue weighted by atomic mass is 79.9. The van der Waals surface area contributed by atoms with Crippen LogP contribution in [0.15, 0.2) is 50.9 Å². The first-order valence-corrected chi connectivity index (χ1v) is 11.7. The first kappa shape index (κ1) is 24.0. The number of nitrogens with one attached hydrogen (secondary N) is 2. The Kier molecular flexibility index (Phi) is 7.08. The number of carbonyl (C=O) groups excluding carboxylic acids is 1. The van der Waals surface area contributed by atoms with E-state index in [0.717, 1.165) is 16.1 Å². The SMILES string of the molecule is CCn1cc(C(=O)N/N=C/c2ccc(Br)cc2)c(=O)c2cc(F)c(N3CCNC(C)C3)c(F)c21. The van der Waals surface area contributed by atoms with E-state index in [0.29, 0.717) is 19.6 Å². The minimum absolute atomic E-state index is 0.0231. The molecule has 1 atom stereocenters. The van der Waals surface area contributed by atoms with Crippen LogP contribution in [-0.2, 0) is 6.54 Å². The number of hydrazone groups is 1. The van der Waals surface area contributed by atoms with E-state index in [2.05, 4.69) is 31.8 Å². The standard InChI is InChI=1S/C24H24BrF2N5O2/c1-3-31-13-18(24(34)30-29-11-15-4-6-16(25)7-5-15)23(33)17-10-19(26)22(20(27)21(17)31)32-9-8-28-14(2)12-32/h4-7,10-11,13-14,28H,3,8-9,12H2,1-2H3,(H,30,34)/b29-11+. The number of aromatic nitrogens is 1. The van der Waals surface area contributed by atoms with Gasteiger partial charge >= 0.3 is 0 Å². The van der Waals surface area contributed by atoms with E-state index in [1.165, 1.54) is 17.0 Å². The molecule has 0 bridgehead atoms. The third kappa shape index (κ3) is 4.74. The molecule has 2 heterocycles. The number of pyridine rings is 1. The monoisotopic (exact) mass is 531 g/mol. The average Bonchev–Trinajstić information content (AvgIpc) is 2.81. The molecule has 1 fully saturated rings. The molecule has 34 heavy (non-hydrogen) atoms. The smallest absolute Gasteiger partial charge is 0.276 e. The van der Waals surface area contributed by atoms with Crippen molar-refractivity contribution in [3.63, 3.8) is 0 Å². The third-order valence-electron chi connectivity index (χ3n) is 5.75. The van der Waals surface area contributed by atoms with Gasteiger partial charge in [-0.25, -0.2) is 14.2 Å². The predicted octanol–water partition coefficient (Wildman–Crippen LogP) is 3.62. The number of anilines is 1. The molecule has 0 radical (unpaired) electrons. The van der Waals surface area contributed by atoms with Crippen molar-refractivity contribution in [3.8, 4) is 0 Å². The van der Waals surface area contributed by atoms with Crippen molar-refractivity contribution in [2.75, 3.05) is 24.5 Å². The molecule has 4 rings (SSSR count). The quantitative estimate of drug-likeness (QED) is 0.389. The van der Waals surface area contributed by atoms with Gasteiger partial charge in [0.05, 0.1) is 17.1 Å². The number of fused-ring (bicyclic) bond motifs is 1. The fourth-order valence-corrected chi connectivity index (χ4v) is 4.35. The number of hydrogen-bond donors (Lipinski definition) is 2. The summed E-state index contributed by atoms with van der Waals surface area (Å²) in [5, 5.41) is 6.95. The first-order valence-electron chi connectivity index (χ1n) is 10.9. The Bertz CT molecular complexity index is 1320. The summed E-state index contributed by atoms with van der Waals surface area (Å²) in [6.45, 7) is 5.45. The Morgan fingerprint density at radius 3 is 2.74 bits per heavy atom. The highest BCUT2D eigenvalue weighted by molar-refractivity contribution is 9.10. The van der Waals surface area contributed by atoms with Gasteiger partial charge in [-0.05, 0) is 37.6 Å². The molecular weight excluding hydrogens is 508 g/mol. The van der Waals surface area contributed by atoms with Crippen LogP contribution in [0.3, 0.4) is 0 Å². The van der Waals surface area contributed by atoms with Crippen LogP contribution in [0.25, 0.3) is 10.9 Å². The minimum atomic E-state index is -0.829. The van der Waals surface area contributed by atoms with Crippen LogP contribution in [0.1, 0.15) is 29.8 Å². The number of nitrogens with zero attached hydrogens (tertiary/aromatic N) is 3. The van der Waals surface area contributed by atoms with Crippen LogP contribution < -0.4 is 21.1 Å². The van der Waals surface area contributed by atoms with Gasteiger partial charge in [0.2, 0.25) is 5.43 Å². The highest BCUT2D eigenvalue weighted by Crippen LogP contribution is 2.30. The van der Waals surface area contributed by atoms with Gasteiger partial charge < -0.3 is 14.8 Å². The molecule has 1 aliphatic rings. The molecule has 0 spiro atoms. The lowest BCUT2D eigenvalue weighted by atomic mass is 10.1. The number of benzene rings is 2. The number of rotatable bonds is 5. The van der Waals surface area contributed by atoms with Crippen molar-refractivity contribution < 1.29 is 13.6 Å². The summed E-state index contributed by atoms with van der Waals surface area (Å²) in [5.41, 5.74) is 1.88. The maximum absolute atomic E-state index is 15.6. The lowest BCUT2D eigenvalue weighted by molar-refractivity contribution is 0.0953. The first-order chi connectivity index (χ1) is 16.3. The molecule has 0 aliphatic carbocycles. The van der Waals surface area contributed by atoms with Gasteiger partial charge in [-0.2, -0.15) is 5.10 Å². The summed E-state index contributed by atoms with van der Waals surface area (Å²) in [4.78, 5) is 27.4. The Labute approximate surface area is 203 Å². The second-order valence-electron chi connectivity index (χ2n) is 8.13. The van der Waals surface area contributed by atoms with Crippen LogP contribution >= 0.6 is 15.9 Å². The molecule has 1 saturated heterocycles. The van der Waals surface area contributed by atoms with Gasteiger partial charge in [-0.1, -0.05) is 28.1 Å². The summed E-state index contributed by atoms with van der Waals surface area (Å²) in [6.07, 6.45) is 2.73. The zero-order valence-corrected chi connectivity index (χ0v) is 20.3. The second kappa shape index (κ2) is 10.0. The van der Waals surface area contributed by atoms with Gasteiger partial charge in [0.1, 0.15) is 17.1 Å². The van der Waals surface area contributed by atoms with E-state index in [9.17, 15) is 9.59 Å². The molecule has 0 saturated carbocycles. The Morgan fingerprint density at radius 1 is 1.32 bits per heavy atom. The zero-order chi connectivity index (χ0) is 24.4. The van der Waals surface area contributed by atoms with Crippen LogP contribution in [0.5, 0.6) is 0 Å². The van der Waals surface area contributed by atoms with Crippen LogP contribution in [0.4, 0.5) is 14.5 Å². The van der Waals surface area contributed by atoms with Gasteiger partial charge in [-0.15, -0.1) is 0 Å². The second-order valence-corrected chi connectivity index (χ2v) is 9.04. The van der Waals surface area contributed by atoms with E-state index >= 15 is 8.78 Å². The maximum Gasteiger partial charge on any atom is 0.276 e. The van der Waals surface area contributed by atoms with Gasteiger partial charge in [0.25, 0.3) is 5.91 Å². The van der Waals surface area contributed by atoms with Crippen LogP contribution in [0.2, 0.25) is 0 Å². The van der Waals surface area contributed by atoms with Gasteiger partial charge in [0.15, 0.2) is 5.82 Å². The third-order valence-corrected chi connectivity index (χ3v) is 6.28. The lowest BCUT2D eigenvalue weighted by Gasteiger charge is -2.34. The Hall–Kier alpha value is -3.11. The van der Waals surface area contributed by atoms with Gasteiger partial charge in [0, 0.05) is 42.9 Å². The molecule has 7 nitrogen and oxygen atoms in total. The largest absolute Gasteiger partial charge is 0.364 e. The predicted molar refractivity (Wildman–Crippen MR) is 133 cm³/mol. The van der Waals surface area contributed by atoms with E-state index < -0.39 is 23.0 Å². The average molecular weight is 532 g/mol. The molecule has 1 amide bonds. The van der Waals surface area contributed by atoms with E-state index in [1.54, 1.807) is 24.0 Å². The highest BCUT2D eigenvalue weighted by Gasteiger charge is 2.27. The molecule has 1 aromatic heterocycles. The molecule has 1 unspecified atom stereocenters. The fourth-order valence-electron chi connectivity index (χ4n) is 4.09. The summed E-state index contributed by atoms with van der Waals surface area (Å²) in [6, 6.07) is 8.33. The summed E-state index contributed by atoms with van der Waals surface area (Å²) >= 11 is 3.34. The van der Waals surface area contributed by atoms with Crippen LogP contribution in [-0.4, -0.2) is 42.4 Å². The number of halogens is 3. The normalized spacial score (nSPS) is 16.4. The number of carbonyl (C=O) groups is 1. The summed E-state index contributed by atoms with van der Waals surface area (Å²) in [5.74, 6) is -2.39. The Balaban J connectivity index is 1.71. The number of aryl methyl sites for hydroxylation is 1. The fraction of sp³-hybridized carbons (Fsp3) is 0.292. The Morgan fingerprint density at radius 2 is 2.06 bits per heavy atom. The molecule has 2 aromatic carbocycles. The van der Waals surface area contributed by atoms with Crippen molar-refractivity contribution in [3.05, 3.63) is 74.0 Å². The molecule has 10 heteroatoms. The van der Waals surface area contributed by atoms with Crippen molar-refractivity contribution >= 4 is 44.6 Å². The van der Waals surface area contributed by atoms with Crippen molar-refractivity contribution in [2.45, 2.75) is 26.4 Å². The maximum atomic E-state index is 15.6. The van der Waals surface area contributed by atoms with Crippen LogP contribution in [0, 0.1) is 11.6 Å². The van der Waals surface area contributed by atoms with Crippen molar-refractivity contribution in [2.24, 2.45) is 5.10 Å². The van der Waals surface area contributed by atoms with Gasteiger partial charge in [-0.3, -0.25) is 9.59 Å². The molecule has 3 aromatic rings.